The molecule has 1 amide bonds. The summed E-state index contributed by atoms with van der Waals surface area (Å²) in [6, 6.07) is 13.5. The molecule has 3 aromatic rings. The number of aliphatic carboxylic acids is 1. The third-order valence-corrected chi connectivity index (χ3v) is 6.15. The number of rotatable bonds is 5. The molecule has 0 aliphatic carbocycles. The summed E-state index contributed by atoms with van der Waals surface area (Å²) in [7, 11) is 0. The lowest BCUT2D eigenvalue weighted by atomic mass is 9.96. The Morgan fingerprint density at radius 2 is 1.86 bits per heavy atom. The van der Waals surface area contributed by atoms with Gasteiger partial charge in [-0.3, -0.25) is 9.59 Å². The highest BCUT2D eigenvalue weighted by Crippen LogP contribution is 2.28. The van der Waals surface area contributed by atoms with Gasteiger partial charge in [0.1, 0.15) is 5.65 Å². The quantitative estimate of drug-likeness (QED) is 0.669. The maximum Gasteiger partial charge on any atom is 0.306 e. The fourth-order valence-electron chi connectivity index (χ4n) is 3.48. The van der Waals surface area contributed by atoms with E-state index in [2.05, 4.69) is 4.98 Å². The molecule has 1 N–H and O–H groups in total. The number of carbonyl (C=O) groups is 2. The van der Waals surface area contributed by atoms with E-state index in [0.717, 1.165) is 16.2 Å². The molecule has 4 rings (SSSR count). The number of nitrogens with zero attached hydrogens (tertiary/aromatic N) is 3. The van der Waals surface area contributed by atoms with Crippen LogP contribution in [0.5, 0.6) is 0 Å². The molecule has 1 saturated heterocycles. The number of pyridine rings is 1. The first-order valence-corrected chi connectivity index (χ1v) is 10.3. The van der Waals surface area contributed by atoms with Crippen LogP contribution in [0.4, 0.5) is 0 Å². The van der Waals surface area contributed by atoms with Crippen molar-refractivity contribution in [2.24, 2.45) is 5.92 Å². The highest BCUT2D eigenvalue weighted by Gasteiger charge is 2.28. The number of piperidine rings is 1. The molecular formula is C21H21N3O3S. The molecule has 0 spiro atoms. The fraction of sp³-hybridized carbons (Fsp3) is 0.286. The summed E-state index contributed by atoms with van der Waals surface area (Å²) in [6.45, 7) is 0.975. The molecule has 0 saturated carbocycles. The number of hydrogen-bond acceptors (Lipinski definition) is 4. The second-order valence-corrected chi connectivity index (χ2v) is 7.91. The van der Waals surface area contributed by atoms with Crippen LogP contribution in [0.15, 0.2) is 59.8 Å². The molecule has 2 aromatic heterocycles. The van der Waals surface area contributed by atoms with Gasteiger partial charge in [0, 0.05) is 36.1 Å². The number of hydrogen-bond donors (Lipinski definition) is 1. The van der Waals surface area contributed by atoms with Crippen LogP contribution in [0.1, 0.15) is 28.9 Å². The molecule has 0 unspecified atom stereocenters. The van der Waals surface area contributed by atoms with Crippen molar-refractivity contribution < 1.29 is 14.7 Å². The van der Waals surface area contributed by atoms with Crippen molar-refractivity contribution in [3.05, 3.63) is 66.1 Å². The Bertz CT molecular complexity index is 976. The van der Waals surface area contributed by atoms with Gasteiger partial charge in [0.2, 0.25) is 0 Å². The molecule has 3 heterocycles. The summed E-state index contributed by atoms with van der Waals surface area (Å²) >= 11 is 1.60. The Morgan fingerprint density at radius 3 is 2.61 bits per heavy atom. The number of fused-ring (bicyclic) bond motifs is 1. The molecule has 1 aliphatic rings. The van der Waals surface area contributed by atoms with E-state index in [-0.39, 0.29) is 11.8 Å². The molecule has 6 nitrogen and oxygen atoms in total. The molecule has 0 atom stereocenters. The maximum atomic E-state index is 13.0. The standard InChI is InChI=1S/C21H21N3O3S/c25-20(23-11-8-15(9-12-23)21(26)27)17-5-1-2-6-18(17)28-14-16-13-24-10-4-3-7-19(24)22-16/h1-7,10,13,15H,8-9,11-12,14H2,(H,26,27). The largest absolute Gasteiger partial charge is 0.481 e. The van der Waals surface area contributed by atoms with E-state index in [9.17, 15) is 9.59 Å². The summed E-state index contributed by atoms with van der Waals surface area (Å²) < 4.78 is 1.99. The van der Waals surface area contributed by atoms with Crippen molar-refractivity contribution in [3.8, 4) is 0 Å². The monoisotopic (exact) mass is 395 g/mol. The summed E-state index contributed by atoms with van der Waals surface area (Å²) in [6.07, 6.45) is 4.99. The molecule has 1 fully saturated rings. The topological polar surface area (TPSA) is 74.9 Å². The van der Waals surface area contributed by atoms with E-state index in [1.807, 2.05) is 59.3 Å². The summed E-state index contributed by atoms with van der Waals surface area (Å²) in [4.78, 5) is 31.4. The van der Waals surface area contributed by atoms with Gasteiger partial charge < -0.3 is 14.4 Å². The van der Waals surface area contributed by atoms with Crippen LogP contribution >= 0.6 is 11.8 Å². The highest BCUT2D eigenvalue weighted by molar-refractivity contribution is 7.98. The number of carboxylic acids is 1. The van der Waals surface area contributed by atoms with Crippen molar-refractivity contribution in [2.45, 2.75) is 23.5 Å². The minimum atomic E-state index is -0.768. The number of imidazole rings is 1. The molecular weight excluding hydrogens is 374 g/mol. The van der Waals surface area contributed by atoms with Gasteiger partial charge in [0.05, 0.1) is 17.2 Å². The van der Waals surface area contributed by atoms with Crippen molar-refractivity contribution in [1.29, 1.82) is 0 Å². The number of thioether (sulfide) groups is 1. The molecule has 0 bridgehead atoms. The van der Waals surface area contributed by atoms with Crippen molar-refractivity contribution in [1.82, 2.24) is 14.3 Å². The van der Waals surface area contributed by atoms with Crippen LogP contribution in [0.3, 0.4) is 0 Å². The Balaban J connectivity index is 1.46. The molecule has 144 valence electrons. The molecule has 1 aliphatic heterocycles. The van der Waals surface area contributed by atoms with E-state index in [1.165, 1.54) is 0 Å². The number of carbonyl (C=O) groups excluding carboxylic acids is 1. The number of carboxylic acid groups (broad SMARTS) is 1. The van der Waals surface area contributed by atoms with E-state index in [4.69, 9.17) is 5.11 Å². The van der Waals surface area contributed by atoms with E-state index in [1.54, 1.807) is 16.7 Å². The van der Waals surface area contributed by atoms with Gasteiger partial charge >= 0.3 is 5.97 Å². The minimum absolute atomic E-state index is 0.0260. The van der Waals surface area contributed by atoms with E-state index >= 15 is 0 Å². The first-order valence-electron chi connectivity index (χ1n) is 9.28. The predicted molar refractivity (Wildman–Crippen MR) is 107 cm³/mol. The third-order valence-electron chi connectivity index (χ3n) is 5.04. The molecule has 7 heteroatoms. The smallest absolute Gasteiger partial charge is 0.306 e. The van der Waals surface area contributed by atoms with Crippen LogP contribution in [-0.2, 0) is 10.5 Å². The number of likely N-dealkylation sites (tertiary alicyclic amines) is 1. The van der Waals surface area contributed by atoms with Crippen LogP contribution in [0.25, 0.3) is 5.65 Å². The Labute approximate surface area is 167 Å². The van der Waals surface area contributed by atoms with Gasteiger partial charge in [-0.25, -0.2) is 4.98 Å². The van der Waals surface area contributed by atoms with Crippen molar-refractivity contribution >= 4 is 29.3 Å². The first kappa shape index (κ1) is 18.6. The lowest BCUT2D eigenvalue weighted by Crippen LogP contribution is -2.40. The predicted octanol–water partition coefficient (Wildman–Crippen LogP) is 3.56. The lowest BCUT2D eigenvalue weighted by molar-refractivity contribution is -0.143. The highest BCUT2D eigenvalue weighted by atomic mass is 32.2. The SMILES string of the molecule is O=C(O)C1CCN(C(=O)c2ccccc2SCc2cn3ccccc3n2)CC1. The minimum Gasteiger partial charge on any atom is -0.481 e. The van der Waals surface area contributed by atoms with Gasteiger partial charge in [-0.15, -0.1) is 11.8 Å². The van der Waals surface area contributed by atoms with Gasteiger partial charge in [-0.1, -0.05) is 18.2 Å². The van der Waals surface area contributed by atoms with Gasteiger partial charge in [0.15, 0.2) is 0 Å². The summed E-state index contributed by atoms with van der Waals surface area (Å²) in [5.74, 6) is -0.464. The Kier molecular flexibility index (Phi) is 5.34. The van der Waals surface area contributed by atoms with E-state index in [0.29, 0.717) is 37.2 Å². The molecule has 28 heavy (non-hydrogen) atoms. The average Bonchev–Trinajstić information content (AvgIpc) is 3.15. The normalized spacial score (nSPS) is 15.1. The molecule has 1 aromatic carbocycles. The third kappa shape index (κ3) is 3.89. The first-order chi connectivity index (χ1) is 13.6. The number of benzene rings is 1. The van der Waals surface area contributed by atoms with Crippen LogP contribution in [0, 0.1) is 5.92 Å². The summed E-state index contributed by atoms with van der Waals surface area (Å²) in [5.41, 5.74) is 2.54. The second-order valence-electron chi connectivity index (χ2n) is 6.89. The zero-order valence-corrected chi connectivity index (χ0v) is 16.1. The zero-order valence-electron chi connectivity index (χ0n) is 15.3. The van der Waals surface area contributed by atoms with Gasteiger partial charge in [0.25, 0.3) is 5.91 Å². The zero-order chi connectivity index (χ0) is 19.5. The molecule has 0 radical (unpaired) electrons. The van der Waals surface area contributed by atoms with Crippen molar-refractivity contribution in [3.63, 3.8) is 0 Å². The van der Waals surface area contributed by atoms with Gasteiger partial charge in [-0.2, -0.15) is 0 Å². The van der Waals surface area contributed by atoms with E-state index < -0.39 is 5.97 Å². The Hall–Kier alpha value is -2.80. The lowest BCUT2D eigenvalue weighted by Gasteiger charge is -2.30. The Morgan fingerprint density at radius 1 is 1.11 bits per heavy atom. The van der Waals surface area contributed by atoms with Gasteiger partial charge in [-0.05, 0) is 37.1 Å². The average molecular weight is 395 g/mol. The number of amides is 1. The second kappa shape index (κ2) is 8.06. The van der Waals surface area contributed by atoms with Crippen molar-refractivity contribution in [2.75, 3.05) is 13.1 Å². The van der Waals surface area contributed by atoms with Crippen LogP contribution in [0.2, 0.25) is 0 Å². The fourth-order valence-corrected chi connectivity index (χ4v) is 4.41. The maximum absolute atomic E-state index is 13.0. The number of aromatic nitrogens is 2. The van der Waals surface area contributed by atoms with Crippen LogP contribution in [-0.4, -0.2) is 44.4 Å². The summed E-state index contributed by atoms with van der Waals surface area (Å²) in [5, 5.41) is 9.14. The van der Waals surface area contributed by atoms with Crippen LogP contribution < -0.4 is 0 Å².